The molecule has 160 valence electrons. The van der Waals surface area contributed by atoms with E-state index in [4.69, 9.17) is 11.6 Å². The van der Waals surface area contributed by atoms with E-state index in [9.17, 15) is 8.78 Å². The molecule has 4 N–H and O–H groups in total. The van der Waals surface area contributed by atoms with E-state index in [2.05, 4.69) is 45.8 Å². The van der Waals surface area contributed by atoms with Crippen molar-refractivity contribution in [2.45, 2.75) is 32.7 Å². The highest BCUT2D eigenvalue weighted by Crippen LogP contribution is 2.23. The van der Waals surface area contributed by atoms with E-state index in [1.54, 1.807) is 0 Å². The summed E-state index contributed by atoms with van der Waals surface area (Å²) in [5, 5.41) is 3.70. The number of aromatic nitrogens is 3. The smallest absolute Gasteiger partial charge is 0.221 e. The van der Waals surface area contributed by atoms with Crippen molar-refractivity contribution < 1.29 is 8.78 Å². The first kappa shape index (κ1) is 21.9. The Morgan fingerprint density at radius 3 is 2.55 bits per heavy atom. The molecule has 0 radical (unpaired) electrons. The molecule has 2 aromatic heterocycles. The van der Waals surface area contributed by atoms with Gasteiger partial charge in [0.15, 0.2) is 0 Å². The van der Waals surface area contributed by atoms with Crippen LogP contribution in [-0.4, -0.2) is 26.9 Å². The minimum absolute atomic E-state index is 0.0492. The molecular formula is C22H23F2N7. The van der Waals surface area contributed by atoms with Crippen molar-refractivity contribution in [3.05, 3.63) is 71.2 Å². The molecule has 7 nitrogen and oxygen atoms in total. The lowest BCUT2D eigenvalue weighted by molar-refractivity contribution is 0.565. The van der Waals surface area contributed by atoms with Crippen LogP contribution in [0.1, 0.15) is 37.9 Å². The molecule has 0 saturated carbocycles. The van der Waals surface area contributed by atoms with Crippen LogP contribution in [0.5, 0.6) is 0 Å². The number of rotatable bonds is 5. The molecule has 3 aromatic rings. The van der Waals surface area contributed by atoms with Gasteiger partial charge in [-0.15, -0.1) is 0 Å². The second-order valence-electron chi connectivity index (χ2n) is 7.87. The van der Waals surface area contributed by atoms with Crippen molar-refractivity contribution in [3.8, 4) is 11.3 Å². The quantitative estimate of drug-likeness (QED) is 0.369. The molecule has 9 heteroatoms. The Labute approximate surface area is 179 Å². The van der Waals surface area contributed by atoms with Gasteiger partial charge in [-0.1, -0.05) is 26.8 Å². The summed E-state index contributed by atoms with van der Waals surface area (Å²) < 4.78 is 27.7. The molecular weight excluding hydrogens is 400 g/mol. The van der Waals surface area contributed by atoms with E-state index in [0.29, 0.717) is 6.54 Å². The van der Waals surface area contributed by atoms with Crippen LogP contribution in [-0.2, 0) is 12.0 Å². The molecule has 0 fully saturated rings. The normalized spacial score (nSPS) is 12.5. The summed E-state index contributed by atoms with van der Waals surface area (Å²) in [6.45, 7) is 6.55. The minimum atomic E-state index is -0.643. The number of nitrogens with zero attached hydrogens (tertiary/aromatic N) is 5. The third-order valence-electron chi connectivity index (χ3n) is 4.39. The summed E-state index contributed by atoms with van der Waals surface area (Å²) in [7, 11) is 0. The molecule has 0 spiro atoms. The zero-order chi connectivity index (χ0) is 22.6. The number of benzene rings is 1. The van der Waals surface area contributed by atoms with E-state index in [-0.39, 0.29) is 34.0 Å². The van der Waals surface area contributed by atoms with Crippen LogP contribution in [0.15, 0.2) is 52.6 Å². The van der Waals surface area contributed by atoms with E-state index in [0.717, 1.165) is 29.6 Å². The van der Waals surface area contributed by atoms with Gasteiger partial charge in [-0.2, -0.15) is 5.10 Å². The first-order valence-corrected chi connectivity index (χ1v) is 9.52. The van der Waals surface area contributed by atoms with Crippen LogP contribution >= 0.6 is 0 Å². The average Bonchev–Trinajstić information content (AvgIpc) is 2.72. The fraction of sp³-hybridized carbons (Fsp3) is 0.227. The van der Waals surface area contributed by atoms with Crippen LogP contribution < -0.4 is 11.6 Å². The second kappa shape index (κ2) is 8.95. The van der Waals surface area contributed by atoms with Crippen LogP contribution in [0, 0.1) is 11.6 Å². The predicted molar refractivity (Wildman–Crippen MR) is 118 cm³/mol. The van der Waals surface area contributed by atoms with Gasteiger partial charge in [0.2, 0.25) is 5.95 Å². The second-order valence-corrected chi connectivity index (χ2v) is 7.87. The van der Waals surface area contributed by atoms with Gasteiger partial charge in [-0.05, 0) is 36.4 Å². The van der Waals surface area contributed by atoms with Crippen molar-refractivity contribution in [1.82, 2.24) is 15.0 Å². The van der Waals surface area contributed by atoms with E-state index < -0.39 is 11.6 Å². The molecule has 0 saturated heterocycles. The summed E-state index contributed by atoms with van der Waals surface area (Å²) in [6.07, 6.45) is 1.43. The number of halogens is 2. The highest BCUT2D eigenvalue weighted by atomic mass is 19.1. The lowest BCUT2D eigenvalue weighted by atomic mass is 9.91. The largest absolute Gasteiger partial charge is 0.368 e. The summed E-state index contributed by atoms with van der Waals surface area (Å²) in [5.41, 5.74) is 7.92. The monoisotopic (exact) mass is 423 g/mol. The molecule has 31 heavy (non-hydrogen) atoms. The highest BCUT2D eigenvalue weighted by Gasteiger charge is 2.16. The maximum absolute atomic E-state index is 14.2. The van der Waals surface area contributed by atoms with Crippen molar-refractivity contribution >= 4 is 17.9 Å². The topological polar surface area (TPSA) is 115 Å². The number of hydrazone groups is 1. The molecule has 0 bridgehead atoms. The Morgan fingerprint density at radius 2 is 1.84 bits per heavy atom. The number of nitrogen functional groups attached to an aromatic ring is 1. The number of anilines is 1. The lowest BCUT2D eigenvalue weighted by Gasteiger charge is -2.17. The Kier molecular flexibility index (Phi) is 6.33. The average molecular weight is 423 g/mol. The lowest BCUT2D eigenvalue weighted by Crippen LogP contribution is -2.14. The minimum Gasteiger partial charge on any atom is -0.368 e. The maximum Gasteiger partial charge on any atom is 0.221 e. The van der Waals surface area contributed by atoms with Gasteiger partial charge in [-0.25, -0.2) is 18.7 Å². The molecule has 1 aromatic carbocycles. The molecule has 2 heterocycles. The van der Waals surface area contributed by atoms with Gasteiger partial charge in [0.1, 0.15) is 17.3 Å². The number of nitrogens with two attached hydrogens (primary N) is 2. The van der Waals surface area contributed by atoms with E-state index in [1.807, 2.05) is 18.2 Å². The summed E-state index contributed by atoms with van der Waals surface area (Å²) in [4.78, 5) is 17.0. The third-order valence-corrected chi connectivity index (χ3v) is 4.39. The fourth-order valence-corrected chi connectivity index (χ4v) is 2.81. The van der Waals surface area contributed by atoms with Gasteiger partial charge < -0.3 is 11.6 Å². The van der Waals surface area contributed by atoms with Gasteiger partial charge in [-0.3, -0.25) is 9.98 Å². The van der Waals surface area contributed by atoms with Crippen molar-refractivity contribution in [3.63, 3.8) is 0 Å². The van der Waals surface area contributed by atoms with Gasteiger partial charge in [0.05, 0.1) is 29.8 Å². The highest BCUT2D eigenvalue weighted by molar-refractivity contribution is 6.37. The van der Waals surface area contributed by atoms with Crippen LogP contribution in [0.3, 0.4) is 0 Å². The van der Waals surface area contributed by atoms with Gasteiger partial charge in [0, 0.05) is 16.7 Å². The molecule has 0 aliphatic rings. The van der Waals surface area contributed by atoms with Crippen molar-refractivity contribution in [2.24, 2.45) is 15.9 Å². The Bertz CT molecular complexity index is 1150. The number of hydrogen-bond acceptors (Lipinski definition) is 7. The number of aliphatic imine (C=N–C) groups is 1. The van der Waals surface area contributed by atoms with E-state index in [1.165, 1.54) is 12.3 Å². The Hall–Kier alpha value is -3.75. The Balaban J connectivity index is 1.86. The number of pyridine rings is 1. The number of hydrogen-bond donors (Lipinski definition) is 2. The van der Waals surface area contributed by atoms with Gasteiger partial charge in [0.25, 0.3) is 0 Å². The van der Waals surface area contributed by atoms with Crippen LogP contribution in [0.4, 0.5) is 14.7 Å². The maximum atomic E-state index is 14.2. The zero-order valence-corrected chi connectivity index (χ0v) is 17.5. The SMILES string of the molecule is CC(C)(C)c1cccc(CN=CC(=NN)c2cc(-c3cc(F)ccc3F)nc(N)n2)n1. The summed E-state index contributed by atoms with van der Waals surface area (Å²) in [5.74, 6) is 4.12. The molecule has 0 unspecified atom stereocenters. The van der Waals surface area contributed by atoms with Gasteiger partial charge >= 0.3 is 0 Å². The van der Waals surface area contributed by atoms with Crippen molar-refractivity contribution in [2.75, 3.05) is 5.73 Å². The van der Waals surface area contributed by atoms with Crippen molar-refractivity contribution in [1.29, 1.82) is 0 Å². The first-order valence-electron chi connectivity index (χ1n) is 9.52. The fourth-order valence-electron chi connectivity index (χ4n) is 2.81. The zero-order valence-electron chi connectivity index (χ0n) is 17.5. The summed E-state index contributed by atoms with van der Waals surface area (Å²) in [6, 6.07) is 10.3. The molecule has 0 amide bonds. The first-order chi connectivity index (χ1) is 14.7. The molecule has 3 rings (SSSR count). The van der Waals surface area contributed by atoms with Crippen LogP contribution in [0.2, 0.25) is 0 Å². The molecule has 0 aliphatic heterocycles. The Morgan fingerprint density at radius 1 is 1.06 bits per heavy atom. The standard InChI is InChI=1S/C22H23F2N7/c1-22(2,3)20-6-4-5-14(28-20)11-27-12-19(31-26)18-10-17(29-21(25)30-18)15-9-13(23)7-8-16(15)24/h4-10,12H,11,26H2,1-3H3,(H2,25,29,30). The van der Waals surface area contributed by atoms with Crippen LogP contribution in [0.25, 0.3) is 11.3 Å². The molecule has 0 atom stereocenters. The third kappa shape index (κ3) is 5.44. The molecule has 0 aliphatic carbocycles. The van der Waals surface area contributed by atoms with E-state index >= 15 is 0 Å². The predicted octanol–water partition coefficient (Wildman–Crippen LogP) is 3.63. The summed E-state index contributed by atoms with van der Waals surface area (Å²) >= 11 is 0.